The first-order valence-electron chi connectivity index (χ1n) is 6.38. The Morgan fingerprint density at radius 1 is 1.53 bits per heavy atom. The molecule has 7 heteroatoms. The number of aliphatic hydroxyl groups excluding tert-OH is 1. The molecule has 1 aliphatic rings. The van der Waals surface area contributed by atoms with Crippen LogP contribution in [0.15, 0.2) is 0 Å². The fourth-order valence-corrected chi connectivity index (χ4v) is 1.81. The number of aliphatic hydroxyl groups is 1. The van der Waals surface area contributed by atoms with E-state index in [1.165, 1.54) is 11.8 Å². The molecule has 0 aromatic heterocycles. The first-order valence-corrected chi connectivity index (χ1v) is 6.38. The number of morpholine rings is 1. The fourth-order valence-electron chi connectivity index (χ4n) is 1.81. The lowest BCUT2D eigenvalue weighted by molar-refractivity contribution is -0.144. The molecular formula is C12H22N2O5. The lowest BCUT2D eigenvalue weighted by atomic mass is 9.99. The summed E-state index contributed by atoms with van der Waals surface area (Å²) in [5.41, 5.74) is -1.29. The normalized spacial score (nSPS) is 26.6. The van der Waals surface area contributed by atoms with Crippen LogP contribution in [0.25, 0.3) is 0 Å². The molecule has 1 saturated heterocycles. The molecular weight excluding hydrogens is 252 g/mol. The third kappa shape index (κ3) is 3.57. The average molecular weight is 274 g/mol. The highest BCUT2D eigenvalue weighted by Gasteiger charge is 2.37. The zero-order valence-corrected chi connectivity index (χ0v) is 11.5. The van der Waals surface area contributed by atoms with Gasteiger partial charge in [-0.25, -0.2) is 9.59 Å². The lowest BCUT2D eigenvalue weighted by Crippen LogP contribution is -2.61. The van der Waals surface area contributed by atoms with Gasteiger partial charge in [0.15, 0.2) is 0 Å². The maximum Gasteiger partial charge on any atom is 0.329 e. The van der Waals surface area contributed by atoms with Gasteiger partial charge in [0, 0.05) is 0 Å². The van der Waals surface area contributed by atoms with Gasteiger partial charge >= 0.3 is 12.0 Å². The molecule has 3 atom stereocenters. The Hall–Kier alpha value is -1.34. The SMILES string of the molecule is CCC(C)(NC(=O)N1CC(CO)OCC1C)C(=O)O. The number of hydrogen-bond acceptors (Lipinski definition) is 4. The second kappa shape index (κ2) is 6.21. The molecule has 0 aromatic carbocycles. The quantitative estimate of drug-likeness (QED) is 0.672. The Kier molecular flexibility index (Phi) is 5.13. The van der Waals surface area contributed by atoms with E-state index >= 15 is 0 Å². The van der Waals surface area contributed by atoms with E-state index in [9.17, 15) is 9.59 Å². The van der Waals surface area contributed by atoms with E-state index < -0.39 is 23.6 Å². The standard InChI is InChI=1S/C12H22N2O5/c1-4-12(3,10(16)17)13-11(18)14-5-9(6-15)19-7-8(14)2/h8-9,15H,4-7H2,1-3H3,(H,13,18)(H,16,17). The molecule has 110 valence electrons. The first-order chi connectivity index (χ1) is 8.84. The van der Waals surface area contributed by atoms with Crippen LogP contribution in [0.1, 0.15) is 27.2 Å². The van der Waals surface area contributed by atoms with Crippen LogP contribution >= 0.6 is 0 Å². The van der Waals surface area contributed by atoms with Crippen molar-refractivity contribution in [3.63, 3.8) is 0 Å². The van der Waals surface area contributed by atoms with Gasteiger partial charge in [-0.05, 0) is 20.3 Å². The number of amides is 2. The zero-order chi connectivity index (χ0) is 14.6. The third-order valence-electron chi connectivity index (χ3n) is 3.53. The van der Waals surface area contributed by atoms with E-state index in [0.29, 0.717) is 6.61 Å². The summed E-state index contributed by atoms with van der Waals surface area (Å²) in [4.78, 5) is 24.8. The second-order valence-electron chi connectivity index (χ2n) is 5.06. The molecule has 1 aliphatic heterocycles. The monoisotopic (exact) mass is 274 g/mol. The van der Waals surface area contributed by atoms with Crippen molar-refractivity contribution in [2.75, 3.05) is 19.8 Å². The topological polar surface area (TPSA) is 99.1 Å². The summed E-state index contributed by atoms with van der Waals surface area (Å²) in [6.07, 6.45) is -0.129. The van der Waals surface area contributed by atoms with Gasteiger partial charge in [-0.3, -0.25) is 0 Å². The molecule has 1 heterocycles. The van der Waals surface area contributed by atoms with Gasteiger partial charge in [-0.1, -0.05) is 6.92 Å². The van der Waals surface area contributed by atoms with Crippen LogP contribution in [0, 0.1) is 0 Å². The van der Waals surface area contributed by atoms with Crippen molar-refractivity contribution in [3.05, 3.63) is 0 Å². The Bertz CT molecular complexity index is 349. The predicted octanol–water partition coefficient (Wildman–Crippen LogP) is 0.0309. The summed E-state index contributed by atoms with van der Waals surface area (Å²) in [5.74, 6) is -1.07. The summed E-state index contributed by atoms with van der Waals surface area (Å²) < 4.78 is 5.34. The van der Waals surface area contributed by atoms with Gasteiger partial charge < -0.3 is 25.2 Å². The van der Waals surface area contributed by atoms with E-state index in [1.807, 2.05) is 6.92 Å². The minimum absolute atomic E-state index is 0.155. The van der Waals surface area contributed by atoms with E-state index in [0.717, 1.165) is 0 Å². The van der Waals surface area contributed by atoms with Crippen LogP contribution in [0.4, 0.5) is 4.79 Å². The number of carbonyl (C=O) groups excluding carboxylic acids is 1. The molecule has 1 rings (SSSR count). The molecule has 0 aliphatic carbocycles. The minimum atomic E-state index is -1.29. The lowest BCUT2D eigenvalue weighted by Gasteiger charge is -2.39. The van der Waals surface area contributed by atoms with Crippen molar-refractivity contribution in [2.24, 2.45) is 0 Å². The second-order valence-corrected chi connectivity index (χ2v) is 5.06. The average Bonchev–Trinajstić information content (AvgIpc) is 2.38. The molecule has 3 unspecified atom stereocenters. The number of aliphatic carboxylic acids is 1. The van der Waals surface area contributed by atoms with Crippen molar-refractivity contribution < 1.29 is 24.5 Å². The van der Waals surface area contributed by atoms with E-state index in [-0.39, 0.29) is 25.6 Å². The molecule has 3 N–H and O–H groups in total. The number of rotatable bonds is 4. The van der Waals surface area contributed by atoms with Crippen LogP contribution in [-0.2, 0) is 9.53 Å². The van der Waals surface area contributed by atoms with E-state index in [4.69, 9.17) is 14.9 Å². The largest absolute Gasteiger partial charge is 0.480 e. The summed E-state index contributed by atoms with van der Waals surface area (Å²) in [5, 5.41) is 20.7. The molecule has 0 radical (unpaired) electrons. The number of nitrogens with one attached hydrogen (secondary N) is 1. The summed E-state index contributed by atoms with van der Waals surface area (Å²) in [6, 6.07) is -0.598. The number of carboxylic acids is 1. The Labute approximate surface area is 112 Å². The third-order valence-corrected chi connectivity index (χ3v) is 3.53. The van der Waals surface area contributed by atoms with Crippen LogP contribution in [0.3, 0.4) is 0 Å². The predicted molar refractivity (Wildman–Crippen MR) is 67.9 cm³/mol. The Balaban J connectivity index is 2.73. The zero-order valence-electron chi connectivity index (χ0n) is 11.5. The number of ether oxygens (including phenoxy) is 1. The molecule has 19 heavy (non-hydrogen) atoms. The highest BCUT2D eigenvalue weighted by Crippen LogP contribution is 2.15. The highest BCUT2D eigenvalue weighted by atomic mass is 16.5. The minimum Gasteiger partial charge on any atom is -0.480 e. The maximum atomic E-state index is 12.2. The number of nitrogens with zero attached hydrogens (tertiary/aromatic N) is 1. The number of carboxylic acid groups (broad SMARTS) is 1. The van der Waals surface area contributed by atoms with Crippen molar-refractivity contribution in [1.29, 1.82) is 0 Å². The van der Waals surface area contributed by atoms with E-state index in [1.54, 1.807) is 6.92 Å². The summed E-state index contributed by atoms with van der Waals surface area (Å²) in [7, 11) is 0. The molecule has 7 nitrogen and oxygen atoms in total. The van der Waals surface area contributed by atoms with Crippen molar-refractivity contribution in [1.82, 2.24) is 10.2 Å². The van der Waals surface area contributed by atoms with Gasteiger partial charge in [0.2, 0.25) is 0 Å². The van der Waals surface area contributed by atoms with Gasteiger partial charge in [0.25, 0.3) is 0 Å². The van der Waals surface area contributed by atoms with E-state index in [2.05, 4.69) is 5.32 Å². The summed E-state index contributed by atoms with van der Waals surface area (Å²) >= 11 is 0. The molecule has 0 saturated carbocycles. The summed E-state index contributed by atoms with van der Waals surface area (Å²) in [6.45, 7) is 5.41. The Morgan fingerprint density at radius 3 is 2.63 bits per heavy atom. The molecule has 0 spiro atoms. The molecule has 2 amide bonds. The number of carbonyl (C=O) groups is 2. The highest BCUT2D eigenvalue weighted by molar-refractivity contribution is 5.86. The number of urea groups is 1. The van der Waals surface area contributed by atoms with Gasteiger partial charge in [-0.15, -0.1) is 0 Å². The van der Waals surface area contributed by atoms with Crippen LogP contribution < -0.4 is 5.32 Å². The van der Waals surface area contributed by atoms with Gasteiger partial charge in [-0.2, -0.15) is 0 Å². The maximum absolute atomic E-state index is 12.2. The van der Waals surface area contributed by atoms with Crippen LogP contribution in [0.5, 0.6) is 0 Å². The van der Waals surface area contributed by atoms with Crippen molar-refractivity contribution in [2.45, 2.75) is 44.9 Å². The molecule has 0 aromatic rings. The van der Waals surface area contributed by atoms with Crippen LogP contribution in [-0.4, -0.2) is 64.6 Å². The smallest absolute Gasteiger partial charge is 0.329 e. The van der Waals surface area contributed by atoms with Crippen molar-refractivity contribution in [3.8, 4) is 0 Å². The van der Waals surface area contributed by atoms with Crippen molar-refractivity contribution >= 4 is 12.0 Å². The van der Waals surface area contributed by atoms with Crippen LogP contribution in [0.2, 0.25) is 0 Å². The van der Waals surface area contributed by atoms with Gasteiger partial charge in [0.1, 0.15) is 5.54 Å². The fraction of sp³-hybridized carbons (Fsp3) is 0.833. The number of hydrogen-bond donors (Lipinski definition) is 3. The van der Waals surface area contributed by atoms with Gasteiger partial charge in [0.05, 0.1) is 31.9 Å². The molecule has 1 fully saturated rings. The first kappa shape index (κ1) is 15.7. The Morgan fingerprint density at radius 2 is 2.16 bits per heavy atom. The molecule has 0 bridgehead atoms.